The van der Waals surface area contributed by atoms with Crippen LogP contribution in [-0.4, -0.2) is 27.4 Å². The van der Waals surface area contributed by atoms with Crippen LogP contribution in [0.15, 0.2) is 72.9 Å². The number of carbonyl (C=O) groups excluding carboxylic acids is 1. The van der Waals surface area contributed by atoms with E-state index in [1.807, 2.05) is 54.6 Å². The quantitative estimate of drug-likeness (QED) is 0.319. The van der Waals surface area contributed by atoms with Gasteiger partial charge >= 0.3 is 0 Å². The fraction of sp³-hybridized carbons (Fsp3) is 0.160. The molecule has 0 saturated heterocycles. The van der Waals surface area contributed by atoms with E-state index in [0.29, 0.717) is 17.8 Å². The third-order valence-electron chi connectivity index (χ3n) is 5.33. The van der Waals surface area contributed by atoms with Gasteiger partial charge in [-0.25, -0.2) is 4.98 Å². The van der Waals surface area contributed by atoms with Gasteiger partial charge in [-0.05, 0) is 60.8 Å². The lowest BCUT2D eigenvalue weighted by molar-refractivity contribution is 0.0958. The first-order valence-corrected chi connectivity index (χ1v) is 11.4. The number of aromatic nitrogens is 3. The molecule has 0 radical (unpaired) electrons. The second kappa shape index (κ2) is 8.80. The Kier molecular flexibility index (Phi) is 5.56. The molecule has 0 bridgehead atoms. The third-order valence-corrected chi connectivity index (χ3v) is 6.45. The number of aromatic amines is 1. The first kappa shape index (κ1) is 20.2. The number of carbonyl (C=O) groups is 1. The maximum absolute atomic E-state index is 12.6. The van der Waals surface area contributed by atoms with E-state index in [1.165, 1.54) is 11.3 Å². The molecule has 0 spiro atoms. The second-order valence-corrected chi connectivity index (χ2v) is 8.78. The number of hydrogen-bond acceptors (Lipinski definition) is 5. The molecule has 6 nitrogen and oxygen atoms in total. The maximum atomic E-state index is 12.6. The number of pyridine rings is 1. The van der Waals surface area contributed by atoms with Crippen LogP contribution in [0.5, 0.6) is 0 Å². The smallest absolute Gasteiger partial charge is 0.261 e. The van der Waals surface area contributed by atoms with E-state index in [9.17, 15) is 4.79 Å². The molecule has 3 heterocycles. The van der Waals surface area contributed by atoms with Crippen LogP contribution in [0.3, 0.4) is 0 Å². The Labute approximate surface area is 189 Å². The Balaban J connectivity index is 1.25. The summed E-state index contributed by atoms with van der Waals surface area (Å²) in [5.41, 5.74) is 3.95. The van der Waals surface area contributed by atoms with Crippen LogP contribution in [0.25, 0.3) is 21.1 Å². The highest BCUT2D eigenvalue weighted by atomic mass is 32.1. The number of H-pyrrole nitrogens is 1. The van der Waals surface area contributed by atoms with E-state index in [-0.39, 0.29) is 11.9 Å². The zero-order valence-electron chi connectivity index (χ0n) is 17.6. The summed E-state index contributed by atoms with van der Waals surface area (Å²) in [6.45, 7) is 2.64. The van der Waals surface area contributed by atoms with Crippen molar-refractivity contribution in [3.05, 3.63) is 89.3 Å². The number of imidazole rings is 1. The Bertz CT molecular complexity index is 1340. The van der Waals surface area contributed by atoms with Gasteiger partial charge in [-0.2, -0.15) is 0 Å². The number of para-hydroxylation sites is 2. The largest absolute Gasteiger partial charge is 0.375 e. The van der Waals surface area contributed by atoms with Gasteiger partial charge in [0.1, 0.15) is 5.82 Å². The average molecular weight is 442 g/mol. The minimum atomic E-state index is -0.0488. The summed E-state index contributed by atoms with van der Waals surface area (Å²) in [6, 6.07) is 22.0. The first-order valence-electron chi connectivity index (χ1n) is 10.6. The molecule has 0 aliphatic carbocycles. The molecule has 7 heteroatoms. The molecular weight excluding hydrogens is 418 g/mol. The number of nitrogens with zero attached hydrogens (tertiary/aromatic N) is 2. The van der Waals surface area contributed by atoms with Gasteiger partial charge in [0.25, 0.3) is 5.91 Å². The summed E-state index contributed by atoms with van der Waals surface area (Å²) in [4.78, 5) is 25.6. The number of rotatable bonds is 7. The fourth-order valence-electron chi connectivity index (χ4n) is 3.68. The molecule has 0 aliphatic rings. The number of amides is 1. The van der Waals surface area contributed by atoms with E-state index < -0.39 is 0 Å². The molecule has 3 aromatic heterocycles. The highest BCUT2D eigenvalue weighted by Gasteiger charge is 2.13. The van der Waals surface area contributed by atoms with E-state index in [0.717, 1.165) is 38.3 Å². The highest BCUT2D eigenvalue weighted by molar-refractivity contribution is 7.20. The molecule has 1 unspecified atom stereocenters. The summed E-state index contributed by atoms with van der Waals surface area (Å²) >= 11 is 1.50. The predicted octanol–water partition coefficient (Wildman–Crippen LogP) is 5.32. The molecule has 0 saturated carbocycles. The van der Waals surface area contributed by atoms with E-state index in [2.05, 4.69) is 44.6 Å². The van der Waals surface area contributed by atoms with Crippen molar-refractivity contribution in [2.45, 2.75) is 19.4 Å². The summed E-state index contributed by atoms with van der Waals surface area (Å²) in [5.74, 6) is 0.844. The Morgan fingerprint density at radius 3 is 2.81 bits per heavy atom. The molecule has 2 aromatic carbocycles. The lowest BCUT2D eigenvalue weighted by Crippen LogP contribution is -2.25. The van der Waals surface area contributed by atoms with Crippen molar-refractivity contribution in [1.29, 1.82) is 0 Å². The zero-order valence-corrected chi connectivity index (χ0v) is 18.4. The predicted molar refractivity (Wildman–Crippen MR) is 130 cm³/mol. The molecule has 5 aromatic rings. The van der Waals surface area contributed by atoms with Crippen molar-refractivity contribution >= 4 is 44.1 Å². The molecule has 1 atom stereocenters. The van der Waals surface area contributed by atoms with Crippen LogP contribution < -0.4 is 10.6 Å². The lowest BCUT2D eigenvalue weighted by atomic mass is 10.2. The molecule has 3 N–H and O–H groups in total. The summed E-state index contributed by atoms with van der Waals surface area (Å²) in [5, 5.41) is 7.55. The Morgan fingerprint density at radius 1 is 1.09 bits per heavy atom. The van der Waals surface area contributed by atoms with Gasteiger partial charge in [-0.15, -0.1) is 11.3 Å². The monoisotopic (exact) mass is 441 g/mol. The van der Waals surface area contributed by atoms with Crippen LogP contribution in [-0.2, 0) is 6.42 Å². The van der Waals surface area contributed by atoms with Gasteiger partial charge in [0.2, 0.25) is 0 Å². The van der Waals surface area contributed by atoms with Crippen molar-refractivity contribution in [2.24, 2.45) is 0 Å². The Morgan fingerprint density at radius 2 is 1.97 bits per heavy atom. The molecular formula is C25H23N5OS. The van der Waals surface area contributed by atoms with Gasteiger partial charge in [0.05, 0.1) is 22.0 Å². The number of fused-ring (bicyclic) bond motifs is 2. The summed E-state index contributed by atoms with van der Waals surface area (Å²) in [6.07, 6.45) is 2.48. The Hall–Kier alpha value is -3.71. The van der Waals surface area contributed by atoms with Crippen LogP contribution in [0.4, 0.5) is 5.69 Å². The van der Waals surface area contributed by atoms with Gasteiger partial charge in [0.15, 0.2) is 0 Å². The molecule has 0 aliphatic heterocycles. The molecule has 5 rings (SSSR count). The van der Waals surface area contributed by atoms with Crippen molar-refractivity contribution in [2.75, 3.05) is 11.9 Å². The first-order chi connectivity index (χ1) is 15.7. The minimum Gasteiger partial charge on any atom is -0.375 e. The van der Waals surface area contributed by atoms with Crippen LogP contribution in [0, 0.1) is 0 Å². The number of anilines is 1. The standard InChI is InChI=1S/C25H23N5OS/c1-16(24-29-20-7-2-3-8-21(20)30-24)28-19-9-10-22-17(14-19)15-23(32-22)25(31)27-13-11-18-6-4-5-12-26-18/h2-10,12,14-16,28H,11,13H2,1H3,(H,27,31)(H,29,30). The third kappa shape index (κ3) is 4.33. The fourth-order valence-corrected chi connectivity index (χ4v) is 4.64. The molecule has 0 fully saturated rings. The second-order valence-electron chi connectivity index (χ2n) is 7.70. The van der Waals surface area contributed by atoms with Crippen molar-refractivity contribution in [3.8, 4) is 0 Å². The molecule has 1 amide bonds. The number of benzene rings is 2. The van der Waals surface area contributed by atoms with E-state index >= 15 is 0 Å². The molecule has 160 valence electrons. The molecule has 32 heavy (non-hydrogen) atoms. The van der Waals surface area contributed by atoms with Crippen LogP contribution >= 0.6 is 11.3 Å². The normalized spacial score (nSPS) is 12.2. The van der Waals surface area contributed by atoms with Crippen LogP contribution in [0.1, 0.15) is 34.2 Å². The number of nitrogens with one attached hydrogen (secondary N) is 3. The van der Waals surface area contributed by atoms with E-state index in [1.54, 1.807) is 6.20 Å². The van der Waals surface area contributed by atoms with Gasteiger partial charge < -0.3 is 15.6 Å². The highest BCUT2D eigenvalue weighted by Crippen LogP contribution is 2.29. The number of thiophene rings is 1. The lowest BCUT2D eigenvalue weighted by Gasteiger charge is -2.13. The SMILES string of the molecule is CC(Nc1ccc2sc(C(=O)NCCc3ccccn3)cc2c1)c1nc2ccccc2[nH]1. The summed E-state index contributed by atoms with van der Waals surface area (Å²) < 4.78 is 1.09. The van der Waals surface area contributed by atoms with Crippen molar-refractivity contribution in [1.82, 2.24) is 20.3 Å². The van der Waals surface area contributed by atoms with Crippen molar-refractivity contribution in [3.63, 3.8) is 0 Å². The zero-order chi connectivity index (χ0) is 21.9. The minimum absolute atomic E-state index is 0.0212. The average Bonchev–Trinajstić information content (AvgIpc) is 3.44. The van der Waals surface area contributed by atoms with Gasteiger partial charge in [0, 0.05) is 35.2 Å². The van der Waals surface area contributed by atoms with E-state index in [4.69, 9.17) is 0 Å². The topological polar surface area (TPSA) is 82.7 Å². The maximum Gasteiger partial charge on any atom is 0.261 e. The van der Waals surface area contributed by atoms with Crippen LogP contribution in [0.2, 0.25) is 0 Å². The number of hydrogen-bond donors (Lipinski definition) is 3. The van der Waals surface area contributed by atoms with Gasteiger partial charge in [-0.3, -0.25) is 9.78 Å². The van der Waals surface area contributed by atoms with Gasteiger partial charge in [-0.1, -0.05) is 18.2 Å². The summed E-state index contributed by atoms with van der Waals surface area (Å²) in [7, 11) is 0. The van der Waals surface area contributed by atoms with Crippen molar-refractivity contribution < 1.29 is 4.79 Å².